The summed E-state index contributed by atoms with van der Waals surface area (Å²) in [4.78, 5) is 0. The van der Waals surface area contributed by atoms with Crippen LogP contribution in [0.2, 0.25) is 0 Å². The summed E-state index contributed by atoms with van der Waals surface area (Å²) in [5, 5.41) is 18.3. The fourth-order valence-corrected chi connectivity index (χ4v) is 2.73. The van der Waals surface area contributed by atoms with Crippen LogP contribution in [0, 0.1) is 6.92 Å². The molecule has 0 aliphatic carbocycles. The number of aliphatic hydroxyl groups is 1. The largest absolute Gasteiger partial charge is 0.485 e. The van der Waals surface area contributed by atoms with Crippen molar-refractivity contribution in [1.82, 2.24) is 14.8 Å². The highest BCUT2D eigenvalue weighted by Gasteiger charge is 2.17. The molecule has 1 atom stereocenters. The zero-order valence-electron chi connectivity index (χ0n) is 12.5. The summed E-state index contributed by atoms with van der Waals surface area (Å²) in [5.74, 6) is 2.64. The molecule has 1 aliphatic rings. The Hall–Kier alpha value is -1.88. The number of rotatable bonds is 4. The molecule has 0 saturated carbocycles. The molecule has 3 rings (SSSR count). The first-order valence-electron chi connectivity index (χ1n) is 7.47. The fraction of sp³-hybridized carbons (Fsp3) is 0.500. The van der Waals surface area contributed by atoms with Gasteiger partial charge in [-0.3, -0.25) is 0 Å². The molecule has 2 heterocycles. The lowest BCUT2D eigenvalue weighted by atomic mass is 10.1. The van der Waals surface area contributed by atoms with Gasteiger partial charge in [0.05, 0.1) is 6.10 Å². The first-order chi connectivity index (χ1) is 10.1. The van der Waals surface area contributed by atoms with Gasteiger partial charge in [0.15, 0.2) is 5.82 Å². The maximum atomic E-state index is 9.83. The van der Waals surface area contributed by atoms with Gasteiger partial charge in [-0.1, -0.05) is 12.1 Å². The molecule has 1 aliphatic heterocycles. The Bertz CT molecular complexity index is 634. The minimum Gasteiger partial charge on any atom is -0.485 e. The molecular weight excluding hydrogens is 266 g/mol. The number of aromatic nitrogens is 3. The summed E-state index contributed by atoms with van der Waals surface area (Å²) in [6.07, 6.45) is 2.80. The lowest BCUT2D eigenvalue weighted by Gasteiger charge is -2.16. The maximum absolute atomic E-state index is 9.83. The molecule has 0 bridgehead atoms. The number of nitrogens with zero attached hydrogens (tertiary/aromatic N) is 3. The van der Waals surface area contributed by atoms with Gasteiger partial charge in [0.2, 0.25) is 0 Å². The van der Waals surface area contributed by atoms with Crippen molar-refractivity contribution in [2.24, 2.45) is 0 Å². The Morgan fingerprint density at radius 1 is 1.33 bits per heavy atom. The molecule has 21 heavy (non-hydrogen) atoms. The van der Waals surface area contributed by atoms with Crippen LogP contribution in [0.4, 0.5) is 0 Å². The second-order valence-electron chi connectivity index (χ2n) is 5.65. The van der Waals surface area contributed by atoms with Crippen LogP contribution < -0.4 is 4.74 Å². The van der Waals surface area contributed by atoms with Crippen molar-refractivity contribution in [2.45, 2.75) is 52.4 Å². The first-order valence-corrected chi connectivity index (χ1v) is 7.47. The van der Waals surface area contributed by atoms with E-state index < -0.39 is 6.10 Å². The molecule has 0 radical (unpaired) electrons. The van der Waals surface area contributed by atoms with E-state index in [4.69, 9.17) is 4.74 Å². The molecule has 0 saturated heterocycles. The Labute approximate surface area is 124 Å². The zero-order chi connectivity index (χ0) is 14.8. The number of aryl methyl sites for hydroxylation is 2. The summed E-state index contributed by atoms with van der Waals surface area (Å²) < 4.78 is 8.06. The summed E-state index contributed by atoms with van der Waals surface area (Å²) in [7, 11) is 0. The second-order valence-corrected chi connectivity index (χ2v) is 5.65. The van der Waals surface area contributed by atoms with Crippen molar-refractivity contribution in [3.63, 3.8) is 0 Å². The van der Waals surface area contributed by atoms with Crippen molar-refractivity contribution in [3.05, 3.63) is 41.0 Å². The lowest BCUT2D eigenvalue weighted by Crippen LogP contribution is -2.14. The van der Waals surface area contributed by atoms with Crippen LogP contribution in [0.25, 0.3) is 0 Å². The van der Waals surface area contributed by atoms with Gasteiger partial charge in [0.25, 0.3) is 0 Å². The first kappa shape index (κ1) is 14.1. The molecule has 5 heteroatoms. The SMILES string of the molecule is Cc1ccc([C@H](C)O)c(OCc2nnc3n2CCCC3)c1. The normalized spacial score (nSPS) is 15.6. The fourth-order valence-electron chi connectivity index (χ4n) is 2.73. The van der Waals surface area contributed by atoms with E-state index in [0.717, 1.165) is 41.5 Å². The van der Waals surface area contributed by atoms with Gasteiger partial charge in [0.1, 0.15) is 18.2 Å². The van der Waals surface area contributed by atoms with Crippen LogP contribution in [0.15, 0.2) is 18.2 Å². The van der Waals surface area contributed by atoms with E-state index in [-0.39, 0.29) is 0 Å². The molecule has 2 aromatic rings. The zero-order valence-corrected chi connectivity index (χ0v) is 12.5. The van der Waals surface area contributed by atoms with E-state index in [2.05, 4.69) is 14.8 Å². The maximum Gasteiger partial charge on any atom is 0.171 e. The van der Waals surface area contributed by atoms with E-state index in [1.807, 2.05) is 25.1 Å². The highest BCUT2D eigenvalue weighted by atomic mass is 16.5. The third-order valence-electron chi connectivity index (χ3n) is 3.91. The summed E-state index contributed by atoms with van der Waals surface area (Å²) in [6.45, 7) is 5.11. The van der Waals surface area contributed by atoms with Crippen molar-refractivity contribution >= 4 is 0 Å². The van der Waals surface area contributed by atoms with Gasteiger partial charge in [0, 0.05) is 18.5 Å². The van der Waals surface area contributed by atoms with Gasteiger partial charge in [-0.25, -0.2) is 0 Å². The van der Waals surface area contributed by atoms with Crippen molar-refractivity contribution in [3.8, 4) is 5.75 Å². The molecule has 112 valence electrons. The van der Waals surface area contributed by atoms with Gasteiger partial charge in [-0.15, -0.1) is 10.2 Å². The molecular formula is C16H21N3O2. The molecule has 0 amide bonds. The second kappa shape index (κ2) is 5.85. The highest BCUT2D eigenvalue weighted by molar-refractivity contribution is 5.38. The highest BCUT2D eigenvalue weighted by Crippen LogP contribution is 2.27. The molecule has 0 spiro atoms. The number of aliphatic hydroxyl groups excluding tert-OH is 1. The van der Waals surface area contributed by atoms with Crippen molar-refractivity contribution in [1.29, 1.82) is 0 Å². The topological polar surface area (TPSA) is 60.2 Å². The average Bonchev–Trinajstić information content (AvgIpc) is 2.88. The number of benzene rings is 1. The van der Waals surface area contributed by atoms with E-state index >= 15 is 0 Å². The molecule has 5 nitrogen and oxygen atoms in total. The summed E-state index contributed by atoms with van der Waals surface area (Å²) in [6, 6.07) is 5.85. The average molecular weight is 287 g/mol. The van der Waals surface area contributed by atoms with Crippen LogP contribution in [0.5, 0.6) is 5.75 Å². The standard InChI is InChI=1S/C16H21N3O2/c1-11-6-7-13(12(2)20)14(9-11)21-10-16-18-17-15-5-3-4-8-19(15)16/h6-7,9,12,20H,3-5,8,10H2,1-2H3/t12-/m0/s1. The molecule has 1 aromatic heterocycles. The van der Waals surface area contributed by atoms with E-state index in [1.165, 1.54) is 12.8 Å². The van der Waals surface area contributed by atoms with Gasteiger partial charge in [-0.2, -0.15) is 0 Å². The molecule has 0 unspecified atom stereocenters. The summed E-state index contributed by atoms with van der Waals surface area (Å²) in [5.41, 5.74) is 1.91. The minimum absolute atomic E-state index is 0.385. The van der Waals surface area contributed by atoms with Crippen LogP contribution in [0.3, 0.4) is 0 Å². The van der Waals surface area contributed by atoms with Gasteiger partial charge >= 0.3 is 0 Å². The van der Waals surface area contributed by atoms with E-state index in [9.17, 15) is 5.11 Å². The van der Waals surface area contributed by atoms with E-state index in [1.54, 1.807) is 6.92 Å². The number of hydrogen-bond acceptors (Lipinski definition) is 4. The van der Waals surface area contributed by atoms with Crippen molar-refractivity contribution in [2.75, 3.05) is 0 Å². The van der Waals surface area contributed by atoms with Crippen LogP contribution in [0.1, 0.15) is 48.6 Å². The molecule has 1 N–H and O–H groups in total. The Balaban J connectivity index is 1.79. The Kier molecular flexibility index (Phi) is 3.92. The van der Waals surface area contributed by atoms with Crippen molar-refractivity contribution < 1.29 is 9.84 Å². The van der Waals surface area contributed by atoms with Gasteiger partial charge in [-0.05, 0) is 38.3 Å². The van der Waals surface area contributed by atoms with Gasteiger partial charge < -0.3 is 14.4 Å². The Morgan fingerprint density at radius 2 is 2.19 bits per heavy atom. The predicted octanol–water partition coefficient (Wildman–Crippen LogP) is 2.56. The Morgan fingerprint density at radius 3 is 3.00 bits per heavy atom. The summed E-state index contributed by atoms with van der Waals surface area (Å²) >= 11 is 0. The number of fused-ring (bicyclic) bond motifs is 1. The van der Waals surface area contributed by atoms with Crippen LogP contribution in [-0.4, -0.2) is 19.9 Å². The van der Waals surface area contributed by atoms with E-state index in [0.29, 0.717) is 6.61 Å². The third-order valence-corrected chi connectivity index (χ3v) is 3.91. The third kappa shape index (κ3) is 2.93. The number of hydrogen-bond donors (Lipinski definition) is 1. The number of ether oxygens (including phenoxy) is 1. The lowest BCUT2D eigenvalue weighted by molar-refractivity contribution is 0.189. The molecule has 1 aromatic carbocycles. The molecule has 0 fully saturated rings. The quantitative estimate of drug-likeness (QED) is 0.939. The van der Waals surface area contributed by atoms with Crippen LogP contribution in [-0.2, 0) is 19.6 Å². The minimum atomic E-state index is -0.548. The predicted molar refractivity (Wildman–Crippen MR) is 79.1 cm³/mol. The monoisotopic (exact) mass is 287 g/mol. The smallest absolute Gasteiger partial charge is 0.171 e. The van der Waals surface area contributed by atoms with Crippen LogP contribution >= 0.6 is 0 Å².